The highest BCUT2D eigenvalue weighted by Gasteiger charge is 2.34. The Morgan fingerprint density at radius 2 is 1.86 bits per heavy atom. The number of hydrogen-bond donors (Lipinski definition) is 2. The van der Waals surface area contributed by atoms with E-state index in [4.69, 9.17) is 21.1 Å². The Morgan fingerprint density at radius 1 is 1.10 bits per heavy atom. The number of halogens is 1. The van der Waals surface area contributed by atoms with Crippen LogP contribution >= 0.6 is 11.6 Å². The van der Waals surface area contributed by atoms with Crippen molar-refractivity contribution in [3.63, 3.8) is 0 Å². The molecule has 1 aliphatic heterocycles. The maximum Gasteiger partial charge on any atom is 0.357 e. The van der Waals surface area contributed by atoms with Gasteiger partial charge in [-0.2, -0.15) is 0 Å². The third-order valence-electron chi connectivity index (χ3n) is 4.07. The summed E-state index contributed by atoms with van der Waals surface area (Å²) in [5.74, 6) is -1.32. The zero-order valence-electron chi connectivity index (χ0n) is 15.5. The van der Waals surface area contributed by atoms with Crippen LogP contribution in [0.3, 0.4) is 0 Å². The third kappa shape index (κ3) is 4.91. The zero-order valence-corrected chi connectivity index (χ0v) is 16.2. The minimum Gasteiger partial charge on any atom is -0.463 e. The Balaban J connectivity index is 1.92. The van der Waals surface area contributed by atoms with Crippen LogP contribution in [0.15, 0.2) is 59.9 Å². The van der Waals surface area contributed by atoms with Gasteiger partial charge in [0.2, 0.25) is 0 Å². The van der Waals surface area contributed by atoms with E-state index < -0.39 is 24.0 Å². The van der Waals surface area contributed by atoms with Crippen LogP contribution in [0, 0.1) is 0 Å². The average Bonchev–Trinajstić information content (AvgIpc) is 2.72. The summed E-state index contributed by atoms with van der Waals surface area (Å²) < 4.78 is 10.4. The lowest BCUT2D eigenvalue weighted by Crippen LogP contribution is -2.47. The molecule has 0 spiro atoms. The summed E-state index contributed by atoms with van der Waals surface area (Å²) in [5, 5.41) is 5.73. The van der Waals surface area contributed by atoms with Crippen molar-refractivity contribution in [3.05, 3.63) is 76.2 Å². The molecule has 0 fully saturated rings. The quantitative estimate of drug-likeness (QED) is 0.702. The van der Waals surface area contributed by atoms with Gasteiger partial charge in [-0.3, -0.25) is 0 Å². The monoisotopic (exact) mass is 415 g/mol. The molecule has 0 radical (unpaired) electrons. The Hall–Kier alpha value is -3.39. The largest absolute Gasteiger partial charge is 0.463 e. The highest BCUT2D eigenvalue weighted by Crippen LogP contribution is 2.28. The molecule has 0 saturated carbocycles. The molecule has 29 heavy (non-hydrogen) atoms. The van der Waals surface area contributed by atoms with Crippen LogP contribution in [0.2, 0.25) is 5.02 Å². The van der Waals surface area contributed by atoms with Crippen molar-refractivity contribution < 1.29 is 23.9 Å². The number of rotatable bonds is 6. The highest BCUT2D eigenvalue weighted by atomic mass is 35.5. The second kappa shape index (κ2) is 9.20. The minimum atomic E-state index is -0.788. The van der Waals surface area contributed by atoms with Crippen molar-refractivity contribution >= 4 is 29.6 Å². The van der Waals surface area contributed by atoms with Crippen LogP contribution in [-0.2, 0) is 14.3 Å². The number of nitrogens with one attached hydrogen (secondary N) is 2. The molecule has 9 heteroatoms. The first-order valence-electron chi connectivity index (χ1n) is 8.81. The Kier molecular flexibility index (Phi) is 6.46. The fourth-order valence-electron chi connectivity index (χ4n) is 2.78. The molecule has 0 bridgehead atoms. The third-order valence-corrected chi connectivity index (χ3v) is 4.33. The van der Waals surface area contributed by atoms with Crippen molar-refractivity contribution in [2.24, 2.45) is 0 Å². The van der Waals surface area contributed by atoms with E-state index in [2.05, 4.69) is 15.6 Å². The minimum absolute atomic E-state index is 0.111. The molecule has 8 nitrogen and oxygen atoms in total. The van der Waals surface area contributed by atoms with Gasteiger partial charge in [0, 0.05) is 11.2 Å². The Morgan fingerprint density at radius 3 is 2.52 bits per heavy atom. The van der Waals surface area contributed by atoms with E-state index in [0.717, 1.165) is 0 Å². The fraction of sp³-hybridized carbons (Fsp3) is 0.200. The van der Waals surface area contributed by atoms with E-state index in [9.17, 15) is 14.4 Å². The summed E-state index contributed by atoms with van der Waals surface area (Å²) in [6.45, 7) is 1.48. The molecule has 1 unspecified atom stereocenters. The lowest BCUT2D eigenvalue weighted by Gasteiger charge is -2.29. The van der Waals surface area contributed by atoms with Crippen molar-refractivity contribution in [3.8, 4) is 0 Å². The number of amides is 2. The smallest absolute Gasteiger partial charge is 0.357 e. The van der Waals surface area contributed by atoms with Crippen molar-refractivity contribution in [1.82, 2.24) is 15.6 Å². The molecule has 1 aromatic carbocycles. The number of carbonyl (C=O) groups is 3. The number of benzene rings is 1. The number of esters is 2. The first-order chi connectivity index (χ1) is 14.0. The normalized spacial score (nSPS) is 15.9. The summed E-state index contributed by atoms with van der Waals surface area (Å²) in [6, 6.07) is 10.2. The fourth-order valence-corrected chi connectivity index (χ4v) is 2.91. The molecule has 1 aliphatic rings. The number of nitrogens with zero attached hydrogens (tertiary/aromatic N) is 1. The second-order valence-corrected chi connectivity index (χ2v) is 6.42. The van der Waals surface area contributed by atoms with Gasteiger partial charge in [0.15, 0.2) is 0 Å². The van der Waals surface area contributed by atoms with E-state index in [0.29, 0.717) is 10.6 Å². The number of pyridine rings is 1. The molecule has 2 heterocycles. The second-order valence-electron chi connectivity index (χ2n) is 5.99. The Labute approximate surface area is 171 Å². The molecule has 2 aromatic rings. The predicted molar refractivity (Wildman–Crippen MR) is 104 cm³/mol. The van der Waals surface area contributed by atoms with Gasteiger partial charge in [-0.05, 0) is 36.8 Å². The van der Waals surface area contributed by atoms with Crippen LogP contribution in [0.1, 0.15) is 29.0 Å². The van der Waals surface area contributed by atoms with Gasteiger partial charge in [-0.25, -0.2) is 19.4 Å². The molecule has 2 amide bonds. The maximum absolute atomic E-state index is 12.6. The zero-order chi connectivity index (χ0) is 20.8. The number of urea groups is 1. The molecular formula is C20H18ClN3O5. The lowest BCUT2D eigenvalue weighted by atomic mass is 9.95. The van der Waals surface area contributed by atoms with Gasteiger partial charge < -0.3 is 20.1 Å². The summed E-state index contributed by atoms with van der Waals surface area (Å²) >= 11 is 5.93. The summed E-state index contributed by atoms with van der Waals surface area (Å²) in [5.41, 5.74) is 1.01. The van der Waals surface area contributed by atoms with E-state index >= 15 is 0 Å². The standard InChI is InChI=1S/C20H18ClN3O5/c1-2-28-19(26)16-15(11-29-18(25)14-5-3-4-10-22-14)23-20(27)24-17(16)12-6-8-13(21)9-7-12/h3-10,17H,2,11H2,1H3,(H2,23,24,27). The van der Waals surface area contributed by atoms with Gasteiger partial charge in [0.1, 0.15) is 12.3 Å². The van der Waals surface area contributed by atoms with E-state index in [1.54, 1.807) is 43.3 Å². The van der Waals surface area contributed by atoms with Gasteiger partial charge in [0.25, 0.3) is 0 Å². The molecule has 0 saturated heterocycles. The van der Waals surface area contributed by atoms with Crippen molar-refractivity contribution in [1.29, 1.82) is 0 Å². The number of ether oxygens (including phenoxy) is 2. The average molecular weight is 416 g/mol. The van der Waals surface area contributed by atoms with E-state index in [1.165, 1.54) is 12.3 Å². The van der Waals surface area contributed by atoms with Crippen molar-refractivity contribution in [2.45, 2.75) is 13.0 Å². The lowest BCUT2D eigenvalue weighted by molar-refractivity contribution is -0.139. The van der Waals surface area contributed by atoms with Gasteiger partial charge >= 0.3 is 18.0 Å². The molecule has 1 aromatic heterocycles. The van der Waals surface area contributed by atoms with Gasteiger partial charge in [0.05, 0.1) is 23.9 Å². The molecule has 0 aliphatic carbocycles. The Bertz CT molecular complexity index is 944. The number of hydrogen-bond acceptors (Lipinski definition) is 6. The van der Waals surface area contributed by atoms with E-state index in [1.807, 2.05) is 0 Å². The summed E-state index contributed by atoms with van der Waals surface area (Å²) in [7, 11) is 0. The predicted octanol–water partition coefficient (Wildman–Crippen LogP) is 2.76. The maximum atomic E-state index is 12.6. The molecule has 3 rings (SSSR count). The summed E-state index contributed by atoms with van der Waals surface area (Å²) in [6.07, 6.45) is 1.46. The molecule has 150 valence electrons. The van der Waals surface area contributed by atoms with E-state index in [-0.39, 0.29) is 30.2 Å². The molecule has 2 N–H and O–H groups in total. The molecular weight excluding hydrogens is 398 g/mol. The summed E-state index contributed by atoms with van der Waals surface area (Å²) in [4.78, 5) is 40.9. The SMILES string of the molecule is CCOC(=O)C1=C(COC(=O)c2ccccn2)NC(=O)NC1c1ccc(Cl)cc1. The first kappa shape index (κ1) is 20.3. The molecule has 1 atom stereocenters. The first-order valence-corrected chi connectivity index (χ1v) is 9.18. The number of carbonyl (C=O) groups excluding carboxylic acids is 3. The topological polar surface area (TPSA) is 107 Å². The van der Waals surface area contributed by atoms with Crippen LogP contribution < -0.4 is 10.6 Å². The van der Waals surface area contributed by atoms with Gasteiger partial charge in [-0.15, -0.1) is 0 Å². The van der Waals surface area contributed by atoms with Crippen LogP contribution in [-0.4, -0.2) is 36.2 Å². The van der Waals surface area contributed by atoms with Gasteiger partial charge in [-0.1, -0.05) is 29.8 Å². The van der Waals surface area contributed by atoms with Crippen LogP contribution in [0.5, 0.6) is 0 Å². The van der Waals surface area contributed by atoms with Crippen LogP contribution in [0.25, 0.3) is 0 Å². The number of aromatic nitrogens is 1. The van der Waals surface area contributed by atoms with Crippen LogP contribution in [0.4, 0.5) is 4.79 Å². The van der Waals surface area contributed by atoms with Crippen molar-refractivity contribution in [2.75, 3.05) is 13.2 Å². The highest BCUT2D eigenvalue weighted by molar-refractivity contribution is 6.30.